The predicted octanol–water partition coefficient (Wildman–Crippen LogP) is 2.46. The van der Waals surface area contributed by atoms with Gasteiger partial charge in [0.2, 0.25) is 5.91 Å². The number of thioether (sulfide) groups is 1. The lowest BCUT2D eigenvalue weighted by molar-refractivity contribution is -0.153. The summed E-state index contributed by atoms with van der Waals surface area (Å²) in [4.78, 5) is 14.8. The van der Waals surface area contributed by atoms with E-state index in [4.69, 9.17) is 0 Å². The SMILES string of the molecule is CCCC1(O)CN(C(=O)CSc2ccc(C)cc2)C1. The molecular weight excluding hydrogens is 258 g/mol. The molecule has 1 aromatic carbocycles. The summed E-state index contributed by atoms with van der Waals surface area (Å²) in [6.07, 6.45) is 1.73. The fourth-order valence-electron chi connectivity index (χ4n) is 2.33. The van der Waals surface area contributed by atoms with Crippen molar-refractivity contribution in [3.05, 3.63) is 29.8 Å². The van der Waals surface area contributed by atoms with Crippen LogP contribution in [0, 0.1) is 6.92 Å². The summed E-state index contributed by atoms with van der Waals surface area (Å²) in [7, 11) is 0. The van der Waals surface area contributed by atoms with E-state index < -0.39 is 5.60 Å². The monoisotopic (exact) mass is 279 g/mol. The van der Waals surface area contributed by atoms with E-state index in [0.717, 1.165) is 17.7 Å². The summed E-state index contributed by atoms with van der Waals surface area (Å²) in [6.45, 7) is 5.09. The molecule has 1 amide bonds. The second-order valence-electron chi connectivity index (χ2n) is 5.33. The first kappa shape index (κ1) is 14.4. The van der Waals surface area contributed by atoms with Gasteiger partial charge in [-0.25, -0.2) is 0 Å². The first-order chi connectivity index (χ1) is 9.02. The summed E-state index contributed by atoms with van der Waals surface area (Å²) >= 11 is 1.56. The minimum absolute atomic E-state index is 0.117. The number of amides is 1. The number of aliphatic hydroxyl groups is 1. The molecule has 0 radical (unpaired) electrons. The van der Waals surface area contributed by atoms with Crippen LogP contribution in [-0.4, -0.2) is 40.4 Å². The van der Waals surface area contributed by atoms with E-state index in [1.807, 2.05) is 19.1 Å². The molecule has 0 aliphatic carbocycles. The van der Waals surface area contributed by atoms with Crippen LogP contribution in [0.25, 0.3) is 0 Å². The Bertz CT molecular complexity index is 438. The van der Waals surface area contributed by atoms with Crippen molar-refractivity contribution in [2.24, 2.45) is 0 Å². The van der Waals surface area contributed by atoms with Gasteiger partial charge in [-0.3, -0.25) is 4.79 Å². The lowest BCUT2D eigenvalue weighted by atomic mass is 9.89. The average molecular weight is 279 g/mol. The van der Waals surface area contributed by atoms with Gasteiger partial charge in [0.15, 0.2) is 0 Å². The standard InChI is InChI=1S/C15H21NO2S/c1-3-8-15(18)10-16(11-15)14(17)9-19-13-6-4-12(2)5-7-13/h4-7,18H,3,8-11H2,1-2H3. The Morgan fingerprint density at radius 3 is 2.58 bits per heavy atom. The van der Waals surface area contributed by atoms with Crippen molar-refractivity contribution in [2.45, 2.75) is 37.2 Å². The third-order valence-electron chi connectivity index (χ3n) is 3.42. The molecule has 1 aliphatic rings. The van der Waals surface area contributed by atoms with Gasteiger partial charge in [-0.2, -0.15) is 0 Å². The van der Waals surface area contributed by atoms with Crippen molar-refractivity contribution in [2.75, 3.05) is 18.8 Å². The first-order valence-electron chi connectivity index (χ1n) is 6.72. The number of nitrogens with zero attached hydrogens (tertiary/aromatic N) is 1. The van der Waals surface area contributed by atoms with Crippen LogP contribution in [0.15, 0.2) is 29.2 Å². The maximum Gasteiger partial charge on any atom is 0.233 e. The molecule has 0 aromatic heterocycles. The van der Waals surface area contributed by atoms with Gasteiger partial charge in [0.25, 0.3) is 0 Å². The van der Waals surface area contributed by atoms with Crippen molar-refractivity contribution in [1.82, 2.24) is 4.90 Å². The number of carbonyl (C=O) groups excluding carboxylic acids is 1. The zero-order valence-electron chi connectivity index (χ0n) is 11.6. The number of hydrogen-bond acceptors (Lipinski definition) is 3. The minimum Gasteiger partial charge on any atom is -0.386 e. The molecule has 1 N–H and O–H groups in total. The number of likely N-dealkylation sites (tertiary alicyclic amines) is 1. The highest BCUT2D eigenvalue weighted by molar-refractivity contribution is 8.00. The number of benzene rings is 1. The summed E-state index contributed by atoms with van der Waals surface area (Å²) in [5.41, 5.74) is 0.599. The molecule has 2 rings (SSSR count). The van der Waals surface area contributed by atoms with Crippen LogP contribution in [-0.2, 0) is 4.79 Å². The van der Waals surface area contributed by atoms with Gasteiger partial charge in [-0.15, -0.1) is 11.8 Å². The highest BCUT2D eigenvalue weighted by Gasteiger charge is 2.42. The molecular formula is C15H21NO2S. The van der Waals surface area contributed by atoms with E-state index in [9.17, 15) is 9.90 Å². The van der Waals surface area contributed by atoms with Crippen molar-refractivity contribution < 1.29 is 9.90 Å². The third-order valence-corrected chi connectivity index (χ3v) is 4.42. The van der Waals surface area contributed by atoms with Gasteiger partial charge in [0, 0.05) is 4.90 Å². The number of hydrogen-bond donors (Lipinski definition) is 1. The summed E-state index contributed by atoms with van der Waals surface area (Å²) in [5, 5.41) is 10.0. The zero-order chi connectivity index (χ0) is 13.9. The van der Waals surface area contributed by atoms with Gasteiger partial charge in [0.05, 0.1) is 24.4 Å². The lowest BCUT2D eigenvalue weighted by Gasteiger charge is -2.46. The highest BCUT2D eigenvalue weighted by Crippen LogP contribution is 2.27. The van der Waals surface area contributed by atoms with Crippen molar-refractivity contribution in [3.63, 3.8) is 0 Å². The molecule has 3 nitrogen and oxygen atoms in total. The molecule has 0 atom stereocenters. The van der Waals surface area contributed by atoms with Gasteiger partial charge in [-0.05, 0) is 25.5 Å². The Morgan fingerprint density at radius 1 is 1.37 bits per heavy atom. The van der Waals surface area contributed by atoms with Crippen LogP contribution in [0.4, 0.5) is 0 Å². The van der Waals surface area contributed by atoms with Crippen LogP contribution in [0.2, 0.25) is 0 Å². The van der Waals surface area contributed by atoms with Gasteiger partial charge >= 0.3 is 0 Å². The van der Waals surface area contributed by atoms with Crippen LogP contribution < -0.4 is 0 Å². The Kier molecular flexibility index (Phi) is 4.53. The molecule has 1 saturated heterocycles. The molecule has 104 valence electrons. The zero-order valence-corrected chi connectivity index (χ0v) is 12.4. The molecule has 19 heavy (non-hydrogen) atoms. The summed E-state index contributed by atoms with van der Waals surface area (Å²) in [5.74, 6) is 0.567. The van der Waals surface area contributed by atoms with E-state index in [0.29, 0.717) is 18.8 Å². The maximum absolute atomic E-state index is 12.0. The molecule has 0 bridgehead atoms. The Morgan fingerprint density at radius 2 is 2.00 bits per heavy atom. The fourth-order valence-corrected chi connectivity index (χ4v) is 3.14. The molecule has 0 saturated carbocycles. The first-order valence-corrected chi connectivity index (χ1v) is 7.70. The van der Waals surface area contributed by atoms with Gasteiger partial charge in [0.1, 0.15) is 0 Å². The molecule has 0 unspecified atom stereocenters. The molecule has 0 spiro atoms. The molecule has 1 fully saturated rings. The Balaban J connectivity index is 1.76. The van der Waals surface area contributed by atoms with Crippen LogP contribution in [0.3, 0.4) is 0 Å². The number of carbonyl (C=O) groups is 1. The Labute approximate surface area is 119 Å². The van der Waals surface area contributed by atoms with Gasteiger partial charge < -0.3 is 10.0 Å². The normalized spacial score (nSPS) is 17.1. The second kappa shape index (κ2) is 5.97. The molecule has 1 aromatic rings. The summed E-state index contributed by atoms with van der Waals surface area (Å²) < 4.78 is 0. The molecule has 4 heteroatoms. The van der Waals surface area contributed by atoms with E-state index in [-0.39, 0.29) is 5.91 Å². The van der Waals surface area contributed by atoms with E-state index in [1.165, 1.54) is 5.56 Å². The smallest absolute Gasteiger partial charge is 0.233 e. The minimum atomic E-state index is -0.626. The average Bonchev–Trinajstić information content (AvgIpc) is 2.35. The van der Waals surface area contributed by atoms with E-state index in [1.54, 1.807) is 16.7 Å². The van der Waals surface area contributed by atoms with Crippen molar-refractivity contribution >= 4 is 17.7 Å². The van der Waals surface area contributed by atoms with Crippen molar-refractivity contribution in [1.29, 1.82) is 0 Å². The number of aryl methyl sites for hydroxylation is 1. The van der Waals surface area contributed by atoms with Crippen LogP contribution in [0.1, 0.15) is 25.3 Å². The van der Waals surface area contributed by atoms with Crippen LogP contribution in [0.5, 0.6) is 0 Å². The van der Waals surface area contributed by atoms with E-state index >= 15 is 0 Å². The topological polar surface area (TPSA) is 40.5 Å². The quantitative estimate of drug-likeness (QED) is 0.842. The number of rotatable bonds is 5. The van der Waals surface area contributed by atoms with Gasteiger partial charge in [-0.1, -0.05) is 31.0 Å². The molecule has 1 aliphatic heterocycles. The predicted molar refractivity (Wildman–Crippen MR) is 78.3 cm³/mol. The fraction of sp³-hybridized carbons (Fsp3) is 0.533. The molecule has 1 heterocycles. The summed E-state index contributed by atoms with van der Waals surface area (Å²) in [6, 6.07) is 8.18. The maximum atomic E-state index is 12.0. The lowest BCUT2D eigenvalue weighted by Crippen LogP contribution is -2.63. The number of β-amino-alcohol motifs (C(OH)–C–C–N with tert-alkyl or cyclic N) is 1. The second-order valence-corrected chi connectivity index (χ2v) is 6.37. The van der Waals surface area contributed by atoms with E-state index in [2.05, 4.69) is 19.1 Å². The Hall–Kier alpha value is -1.00. The highest BCUT2D eigenvalue weighted by atomic mass is 32.2. The largest absolute Gasteiger partial charge is 0.386 e. The van der Waals surface area contributed by atoms with Crippen LogP contribution >= 0.6 is 11.8 Å². The van der Waals surface area contributed by atoms with Crippen molar-refractivity contribution in [3.8, 4) is 0 Å². The third kappa shape index (κ3) is 3.74.